The summed E-state index contributed by atoms with van der Waals surface area (Å²) < 4.78 is 10.1. The minimum Gasteiger partial charge on any atom is -0.480 e. The Balaban J connectivity index is 0.000000380. The molecule has 38 heavy (non-hydrogen) atoms. The van der Waals surface area contributed by atoms with E-state index in [0.717, 1.165) is 11.1 Å². The lowest BCUT2D eigenvalue weighted by molar-refractivity contribution is -0.140. The SMILES string of the molecule is CC(C)(C)OC(=O)N[C@H](Cc1ccccc1)C(=O)O.CC(C)(C)OC(=O)N[C@H](Cc1ccccc1)C(=O)O. The van der Waals surface area contributed by atoms with Crippen molar-refractivity contribution in [2.45, 2.75) is 77.7 Å². The van der Waals surface area contributed by atoms with Crippen LogP contribution in [-0.4, -0.2) is 57.6 Å². The van der Waals surface area contributed by atoms with Crippen molar-refractivity contribution in [1.82, 2.24) is 10.6 Å². The number of carbonyl (C=O) groups is 4. The average molecular weight is 531 g/mol. The van der Waals surface area contributed by atoms with Gasteiger partial charge in [0.1, 0.15) is 23.3 Å². The van der Waals surface area contributed by atoms with Gasteiger partial charge >= 0.3 is 24.1 Å². The number of benzene rings is 2. The van der Waals surface area contributed by atoms with E-state index in [1.807, 2.05) is 60.7 Å². The van der Waals surface area contributed by atoms with Crippen molar-refractivity contribution in [3.8, 4) is 0 Å². The maximum atomic E-state index is 11.6. The Bertz CT molecular complexity index is 959. The van der Waals surface area contributed by atoms with Gasteiger partial charge in [0.2, 0.25) is 0 Å². The van der Waals surface area contributed by atoms with Gasteiger partial charge in [0.05, 0.1) is 0 Å². The van der Waals surface area contributed by atoms with Gasteiger partial charge in [0, 0.05) is 12.8 Å². The van der Waals surface area contributed by atoms with Crippen LogP contribution in [0.25, 0.3) is 0 Å². The number of carbonyl (C=O) groups excluding carboxylic acids is 2. The summed E-state index contributed by atoms with van der Waals surface area (Å²) in [7, 11) is 0. The Kier molecular flexibility index (Phi) is 12.3. The molecule has 2 amide bonds. The third-order valence-electron chi connectivity index (χ3n) is 4.54. The highest BCUT2D eigenvalue weighted by Gasteiger charge is 2.25. The summed E-state index contributed by atoms with van der Waals surface area (Å²) in [4.78, 5) is 45.4. The zero-order chi connectivity index (χ0) is 28.9. The lowest BCUT2D eigenvalue weighted by atomic mass is 10.1. The molecule has 0 unspecified atom stereocenters. The third-order valence-corrected chi connectivity index (χ3v) is 4.54. The second-order valence-electron chi connectivity index (χ2n) is 10.5. The Labute approximate surface area is 223 Å². The molecule has 2 rings (SSSR count). The number of hydrogen-bond donors (Lipinski definition) is 4. The van der Waals surface area contributed by atoms with Gasteiger partial charge in [-0.1, -0.05) is 60.7 Å². The maximum absolute atomic E-state index is 11.6. The molecule has 0 aliphatic heterocycles. The standard InChI is InChI=1S/2C14H19NO4/c2*1-14(2,3)19-13(18)15-11(12(16)17)9-10-7-5-4-6-8-10/h2*4-8,11H,9H2,1-3H3,(H,15,18)(H,16,17)/t2*11-/m11/s1. The van der Waals surface area contributed by atoms with Crippen LogP contribution in [0.5, 0.6) is 0 Å². The van der Waals surface area contributed by atoms with Crippen LogP contribution in [-0.2, 0) is 31.9 Å². The van der Waals surface area contributed by atoms with Crippen molar-refractivity contribution < 1.29 is 38.9 Å². The Morgan fingerprint density at radius 3 is 1.16 bits per heavy atom. The lowest BCUT2D eigenvalue weighted by Crippen LogP contribution is -2.44. The summed E-state index contributed by atoms with van der Waals surface area (Å²) in [6.45, 7) is 10.3. The molecule has 0 saturated carbocycles. The van der Waals surface area contributed by atoms with Gasteiger partial charge in [-0.2, -0.15) is 0 Å². The van der Waals surface area contributed by atoms with Gasteiger partial charge in [-0.3, -0.25) is 0 Å². The zero-order valence-corrected chi connectivity index (χ0v) is 22.7. The first-order valence-electron chi connectivity index (χ1n) is 12.1. The first-order valence-corrected chi connectivity index (χ1v) is 12.1. The van der Waals surface area contributed by atoms with E-state index in [-0.39, 0.29) is 12.8 Å². The number of rotatable bonds is 8. The predicted molar refractivity (Wildman–Crippen MR) is 142 cm³/mol. The lowest BCUT2D eigenvalue weighted by Gasteiger charge is -2.22. The summed E-state index contributed by atoms with van der Waals surface area (Å²) in [6.07, 6.45) is -1.02. The van der Waals surface area contributed by atoms with Gasteiger partial charge in [-0.05, 0) is 52.7 Å². The average Bonchev–Trinajstić information content (AvgIpc) is 2.77. The molecule has 0 aromatic heterocycles. The van der Waals surface area contributed by atoms with Crippen LogP contribution >= 0.6 is 0 Å². The van der Waals surface area contributed by atoms with E-state index >= 15 is 0 Å². The zero-order valence-electron chi connectivity index (χ0n) is 22.7. The summed E-state index contributed by atoms with van der Waals surface area (Å²) in [5.74, 6) is -2.18. The third kappa shape index (κ3) is 14.5. The van der Waals surface area contributed by atoms with E-state index in [9.17, 15) is 19.2 Å². The van der Waals surface area contributed by atoms with E-state index < -0.39 is 47.4 Å². The van der Waals surface area contributed by atoms with Crippen LogP contribution in [0.4, 0.5) is 9.59 Å². The van der Waals surface area contributed by atoms with Crippen LogP contribution in [0, 0.1) is 0 Å². The predicted octanol–water partition coefficient (Wildman–Crippen LogP) is 4.41. The molecule has 10 heteroatoms. The number of nitrogens with one attached hydrogen (secondary N) is 2. The summed E-state index contributed by atoms with van der Waals surface area (Å²) >= 11 is 0. The summed E-state index contributed by atoms with van der Waals surface area (Å²) in [6, 6.07) is 16.2. The normalized spacial score (nSPS) is 12.6. The molecule has 2 aromatic rings. The van der Waals surface area contributed by atoms with E-state index in [1.165, 1.54) is 0 Å². The molecule has 0 aliphatic rings. The smallest absolute Gasteiger partial charge is 0.408 e. The van der Waals surface area contributed by atoms with Gasteiger partial charge in [0.25, 0.3) is 0 Å². The van der Waals surface area contributed by atoms with Gasteiger partial charge in [-0.25, -0.2) is 19.2 Å². The van der Waals surface area contributed by atoms with Crippen LogP contribution in [0.3, 0.4) is 0 Å². The topological polar surface area (TPSA) is 151 Å². The maximum Gasteiger partial charge on any atom is 0.408 e. The molecule has 0 saturated heterocycles. The molecule has 10 nitrogen and oxygen atoms in total. The monoisotopic (exact) mass is 530 g/mol. The van der Waals surface area contributed by atoms with Crippen molar-refractivity contribution in [2.75, 3.05) is 0 Å². The Morgan fingerprint density at radius 1 is 0.632 bits per heavy atom. The van der Waals surface area contributed by atoms with Crippen LogP contribution in [0.15, 0.2) is 60.7 Å². The number of hydrogen-bond acceptors (Lipinski definition) is 6. The number of amides is 2. The van der Waals surface area contributed by atoms with Gasteiger partial charge < -0.3 is 30.3 Å². The highest BCUT2D eigenvalue weighted by atomic mass is 16.6. The van der Waals surface area contributed by atoms with Crippen molar-refractivity contribution >= 4 is 24.1 Å². The first-order chi connectivity index (χ1) is 17.6. The fraction of sp³-hybridized carbons (Fsp3) is 0.429. The molecule has 208 valence electrons. The van der Waals surface area contributed by atoms with Crippen molar-refractivity contribution in [2.24, 2.45) is 0 Å². The van der Waals surface area contributed by atoms with Crippen LogP contribution in [0.1, 0.15) is 52.7 Å². The van der Waals surface area contributed by atoms with E-state index in [4.69, 9.17) is 19.7 Å². The number of alkyl carbamates (subject to hydrolysis) is 2. The summed E-state index contributed by atoms with van der Waals surface area (Å²) in [5, 5.41) is 22.9. The van der Waals surface area contributed by atoms with E-state index in [1.54, 1.807) is 41.5 Å². The minimum atomic E-state index is -1.09. The highest BCUT2D eigenvalue weighted by Crippen LogP contribution is 2.10. The largest absolute Gasteiger partial charge is 0.480 e. The van der Waals surface area contributed by atoms with E-state index in [0.29, 0.717) is 0 Å². The molecular weight excluding hydrogens is 492 g/mol. The quantitative estimate of drug-likeness (QED) is 0.392. The molecule has 2 atom stereocenters. The van der Waals surface area contributed by atoms with Crippen LogP contribution in [0.2, 0.25) is 0 Å². The molecule has 0 radical (unpaired) electrons. The van der Waals surface area contributed by atoms with Crippen molar-refractivity contribution in [3.05, 3.63) is 71.8 Å². The molecular formula is C28H38N2O8. The second-order valence-corrected chi connectivity index (χ2v) is 10.5. The Hall–Kier alpha value is -4.08. The molecule has 0 aliphatic carbocycles. The number of carboxylic acids is 2. The molecule has 0 fully saturated rings. The number of carboxylic acid groups (broad SMARTS) is 2. The van der Waals surface area contributed by atoms with Gasteiger partial charge in [0.15, 0.2) is 0 Å². The highest BCUT2D eigenvalue weighted by molar-refractivity contribution is 5.81. The molecule has 2 aromatic carbocycles. The second kappa shape index (κ2) is 14.6. The van der Waals surface area contributed by atoms with Crippen molar-refractivity contribution in [1.29, 1.82) is 0 Å². The van der Waals surface area contributed by atoms with Crippen molar-refractivity contribution in [3.63, 3.8) is 0 Å². The van der Waals surface area contributed by atoms with Crippen LogP contribution < -0.4 is 10.6 Å². The van der Waals surface area contributed by atoms with Gasteiger partial charge in [-0.15, -0.1) is 0 Å². The Morgan fingerprint density at radius 2 is 0.921 bits per heavy atom. The fourth-order valence-corrected chi connectivity index (χ4v) is 3.00. The number of ether oxygens (including phenoxy) is 2. The molecule has 0 spiro atoms. The molecule has 0 heterocycles. The first kappa shape index (κ1) is 31.9. The number of aliphatic carboxylic acids is 2. The minimum absolute atomic E-state index is 0.218. The summed E-state index contributed by atoms with van der Waals surface area (Å²) in [5.41, 5.74) is 0.372. The van der Waals surface area contributed by atoms with E-state index in [2.05, 4.69) is 10.6 Å². The fourth-order valence-electron chi connectivity index (χ4n) is 3.00. The molecule has 4 N–H and O–H groups in total. The molecule has 0 bridgehead atoms.